The van der Waals surface area contributed by atoms with Crippen LogP contribution in [0.5, 0.6) is 0 Å². The monoisotopic (exact) mass is 226 g/mol. The van der Waals surface area contributed by atoms with Crippen molar-refractivity contribution in [2.24, 2.45) is 5.73 Å². The van der Waals surface area contributed by atoms with Gasteiger partial charge >= 0.3 is 0 Å². The predicted octanol–water partition coefficient (Wildman–Crippen LogP) is 2.05. The third-order valence-corrected chi connectivity index (χ3v) is 3.32. The van der Waals surface area contributed by atoms with Gasteiger partial charge in [-0.25, -0.2) is 0 Å². The number of hydrogen-bond donors (Lipinski definition) is 2. The summed E-state index contributed by atoms with van der Waals surface area (Å²) in [6.07, 6.45) is 1.67. The van der Waals surface area contributed by atoms with Crippen molar-refractivity contribution in [1.82, 2.24) is 5.32 Å². The van der Waals surface area contributed by atoms with Gasteiger partial charge in [-0.3, -0.25) is 4.79 Å². The molecule has 0 bridgehead atoms. The quantitative estimate of drug-likeness (QED) is 0.807. The van der Waals surface area contributed by atoms with E-state index < -0.39 is 0 Å². The van der Waals surface area contributed by atoms with E-state index in [2.05, 4.69) is 5.32 Å². The van der Waals surface area contributed by atoms with E-state index in [9.17, 15) is 4.79 Å². The minimum atomic E-state index is -0.377. The van der Waals surface area contributed by atoms with Crippen molar-refractivity contribution in [3.8, 4) is 0 Å². The van der Waals surface area contributed by atoms with Crippen LogP contribution in [0.3, 0.4) is 0 Å². The second kappa shape index (κ2) is 5.88. The van der Waals surface area contributed by atoms with Gasteiger partial charge in [0.15, 0.2) is 0 Å². The van der Waals surface area contributed by atoms with Crippen LogP contribution in [-0.4, -0.2) is 11.9 Å². The van der Waals surface area contributed by atoms with E-state index in [0.29, 0.717) is 0 Å². The predicted molar refractivity (Wildman–Crippen MR) is 63.8 cm³/mol. The van der Waals surface area contributed by atoms with Crippen LogP contribution in [0.1, 0.15) is 37.6 Å². The van der Waals surface area contributed by atoms with E-state index in [1.165, 1.54) is 0 Å². The summed E-state index contributed by atoms with van der Waals surface area (Å²) in [6, 6.07) is 3.67. The fourth-order valence-corrected chi connectivity index (χ4v) is 2.11. The Balaban J connectivity index is 2.44. The molecule has 15 heavy (non-hydrogen) atoms. The minimum Gasteiger partial charge on any atom is -0.347 e. The van der Waals surface area contributed by atoms with Gasteiger partial charge in [-0.15, -0.1) is 11.3 Å². The number of amides is 1. The van der Waals surface area contributed by atoms with Gasteiger partial charge in [-0.1, -0.05) is 19.4 Å². The number of carbonyl (C=O) groups is 1. The van der Waals surface area contributed by atoms with Crippen molar-refractivity contribution in [3.63, 3.8) is 0 Å². The highest BCUT2D eigenvalue weighted by Crippen LogP contribution is 2.18. The molecule has 0 aromatic carbocycles. The molecule has 0 saturated carbocycles. The Kier molecular flexibility index (Phi) is 4.78. The fraction of sp³-hybridized carbons (Fsp3) is 0.545. The molecule has 2 atom stereocenters. The molecule has 0 aliphatic rings. The lowest BCUT2D eigenvalue weighted by molar-refractivity contribution is -0.123. The minimum absolute atomic E-state index is 0.0559. The summed E-state index contributed by atoms with van der Waals surface area (Å²) in [4.78, 5) is 12.8. The second-order valence-electron chi connectivity index (χ2n) is 3.64. The van der Waals surface area contributed by atoms with Crippen LogP contribution in [0.15, 0.2) is 17.5 Å². The Hall–Kier alpha value is -0.870. The van der Waals surface area contributed by atoms with Crippen LogP contribution in [0, 0.1) is 0 Å². The van der Waals surface area contributed by atoms with Crippen molar-refractivity contribution < 1.29 is 4.79 Å². The highest BCUT2D eigenvalue weighted by Gasteiger charge is 2.15. The van der Waals surface area contributed by atoms with Crippen molar-refractivity contribution in [2.45, 2.75) is 38.8 Å². The molecule has 1 aromatic heterocycles. The van der Waals surface area contributed by atoms with Gasteiger partial charge in [0.2, 0.25) is 5.91 Å². The van der Waals surface area contributed by atoms with Crippen molar-refractivity contribution in [1.29, 1.82) is 0 Å². The highest BCUT2D eigenvalue weighted by atomic mass is 32.1. The van der Waals surface area contributed by atoms with Gasteiger partial charge in [0.05, 0.1) is 12.1 Å². The van der Waals surface area contributed by atoms with E-state index in [1.807, 2.05) is 31.4 Å². The van der Waals surface area contributed by atoms with Crippen LogP contribution < -0.4 is 11.1 Å². The number of thiophene rings is 1. The van der Waals surface area contributed by atoms with Crippen LogP contribution >= 0.6 is 11.3 Å². The van der Waals surface area contributed by atoms with E-state index in [-0.39, 0.29) is 18.0 Å². The molecule has 0 saturated heterocycles. The van der Waals surface area contributed by atoms with Crippen molar-refractivity contribution in [2.75, 3.05) is 0 Å². The van der Waals surface area contributed by atoms with Crippen LogP contribution in [-0.2, 0) is 4.79 Å². The number of rotatable bonds is 5. The molecule has 0 fully saturated rings. The average molecular weight is 226 g/mol. The number of hydrogen-bond acceptors (Lipinski definition) is 3. The van der Waals surface area contributed by atoms with Gasteiger partial charge in [-0.2, -0.15) is 0 Å². The zero-order valence-electron chi connectivity index (χ0n) is 9.19. The summed E-state index contributed by atoms with van der Waals surface area (Å²) in [6.45, 7) is 4.00. The molecule has 3 nitrogen and oxygen atoms in total. The third-order valence-electron chi connectivity index (χ3n) is 2.27. The van der Waals surface area contributed by atoms with Gasteiger partial charge < -0.3 is 11.1 Å². The maximum absolute atomic E-state index is 11.6. The summed E-state index contributed by atoms with van der Waals surface area (Å²) in [5.41, 5.74) is 5.72. The zero-order valence-corrected chi connectivity index (χ0v) is 10.0. The first-order valence-electron chi connectivity index (χ1n) is 5.24. The number of nitrogens with two attached hydrogens (primary N) is 1. The van der Waals surface area contributed by atoms with E-state index in [1.54, 1.807) is 11.3 Å². The third kappa shape index (κ3) is 3.64. The molecule has 1 aromatic rings. The lowest BCUT2D eigenvalue weighted by Crippen LogP contribution is -2.41. The molecular weight excluding hydrogens is 208 g/mol. The maximum atomic E-state index is 11.6. The molecule has 84 valence electrons. The first-order chi connectivity index (χ1) is 7.15. The molecular formula is C11H18N2OS. The molecule has 0 aliphatic carbocycles. The van der Waals surface area contributed by atoms with Crippen LogP contribution in [0.2, 0.25) is 0 Å². The van der Waals surface area contributed by atoms with Gasteiger partial charge in [-0.05, 0) is 24.8 Å². The maximum Gasteiger partial charge on any atom is 0.237 e. The summed E-state index contributed by atoms with van der Waals surface area (Å²) in [7, 11) is 0. The normalized spacial score (nSPS) is 14.6. The molecule has 1 amide bonds. The van der Waals surface area contributed by atoms with Gasteiger partial charge in [0.1, 0.15) is 0 Å². The summed E-state index contributed by atoms with van der Waals surface area (Å²) in [5, 5.41) is 4.92. The SMILES string of the molecule is CCC[C@H](N)C(=O)N[C@@H](C)c1cccs1. The summed E-state index contributed by atoms with van der Waals surface area (Å²) in [5.74, 6) is -0.0576. The van der Waals surface area contributed by atoms with Gasteiger partial charge in [0.25, 0.3) is 0 Å². The average Bonchev–Trinajstić information content (AvgIpc) is 2.70. The Labute approximate surface area is 94.7 Å². The Morgan fingerprint density at radius 1 is 1.67 bits per heavy atom. The Morgan fingerprint density at radius 2 is 2.40 bits per heavy atom. The lowest BCUT2D eigenvalue weighted by atomic mass is 10.1. The molecule has 0 unspecified atom stereocenters. The first-order valence-corrected chi connectivity index (χ1v) is 6.12. The molecule has 0 aliphatic heterocycles. The molecule has 1 rings (SSSR count). The lowest BCUT2D eigenvalue weighted by Gasteiger charge is -2.15. The Bertz CT molecular complexity index is 298. The molecule has 4 heteroatoms. The standard InChI is InChI=1S/C11H18N2OS/c1-3-5-9(12)11(14)13-8(2)10-6-4-7-15-10/h4,6-9H,3,5,12H2,1-2H3,(H,13,14)/t8-,9-/m0/s1. The van der Waals surface area contributed by atoms with Crippen molar-refractivity contribution in [3.05, 3.63) is 22.4 Å². The largest absolute Gasteiger partial charge is 0.347 e. The van der Waals surface area contributed by atoms with E-state index in [4.69, 9.17) is 5.73 Å². The van der Waals surface area contributed by atoms with E-state index in [0.717, 1.165) is 17.7 Å². The zero-order chi connectivity index (χ0) is 11.3. The highest BCUT2D eigenvalue weighted by molar-refractivity contribution is 7.10. The van der Waals surface area contributed by atoms with Crippen molar-refractivity contribution >= 4 is 17.2 Å². The van der Waals surface area contributed by atoms with Crippen LogP contribution in [0.25, 0.3) is 0 Å². The Morgan fingerprint density at radius 3 is 2.93 bits per heavy atom. The second-order valence-corrected chi connectivity index (χ2v) is 4.62. The smallest absolute Gasteiger partial charge is 0.237 e. The number of carbonyl (C=O) groups excluding carboxylic acids is 1. The molecule has 1 heterocycles. The van der Waals surface area contributed by atoms with Crippen LogP contribution in [0.4, 0.5) is 0 Å². The summed E-state index contributed by atoms with van der Waals surface area (Å²) < 4.78 is 0. The van der Waals surface area contributed by atoms with E-state index >= 15 is 0 Å². The fourth-order valence-electron chi connectivity index (χ4n) is 1.37. The molecule has 0 spiro atoms. The molecule has 0 radical (unpaired) electrons. The molecule has 3 N–H and O–H groups in total. The number of nitrogens with one attached hydrogen (secondary N) is 1. The van der Waals surface area contributed by atoms with Gasteiger partial charge in [0, 0.05) is 4.88 Å². The summed E-state index contributed by atoms with van der Waals surface area (Å²) >= 11 is 1.64. The first kappa shape index (κ1) is 12.2. The topological polar surface area (TPSA) is 55.1 Å².